The molecule has 1 fully saturated rings. The van der Waals surface area contributed by atoms with Crippen LogP contribution in [0.4, 0.5) is 0 Å². The van der Waals surface area contributed by atoms with Crippen LogP contribution in [0.25, 0.3) is 0 Å². The molecule has 0 atom stereocenters. The molecule has 0 saturated carbocycles. The first-order chi connectivity index (χ1) is 8.28. The molecule has 0 unspecified atom stereocenters. The van der Waals surface area contributed by atoms with E-state index in [2.05, 4.69) is 15.0 Å². The summed E-state index contributed by atoms with van der Waals surface area (Å²) in [6, 6.07) is 2.01. The first-order valence-electron chi connectivity index (χ1n) is 6.14. The minimum atomic E-state index is 0.822. The van der Waals surface area contributed by atoms with Crippen LogP contribution < -0.4 is 0 Å². The normalized spacial score (nSPS) is 18.7. The standard InChI is InChI=1S/C12H21N3O2/c1-11-9-12(13-17-11)10-15-5-3-14(4-6-15)7-8-16-2/h9H,3-8,10H2,1-2H3. The summed E-state index contributed by atoms with van der Waals surface area (Å²) < 4.78 is 10.2. The molecule has 5 nitrogen and oxygen atoms in total. The molecule has 0 spiro atoms. The summed E-state index contributed by atoms with van der Waals surface area (Å²) >= 11 is 0. The van der Waals surface area contributed by atoms with E-state index >= 15 is 0 Å². The largest absolute Gasteiger partial charge is 0.383 e. The van der Waals surface area contributed by atoms with Crippen LogP contribution in [0, 0.1) is 6.92 Å². The van der Waals surface area contributed by atoms with Gasteiger partial charge in [0.15, 0.2) is 0 Å². The minimum Gasteiger partial charge on any atom is -0.383 e. The van der Waals surface area contributed by atoms with Crippen LogP contribution in [0.3, 0.4) is 0 Å². The highest BCUT2D eigenvalue weighted by molar-refractivity contribution is 5.03. The lowest BCUT2D eigenvalue weighted by Gasteiger charge is -2.33. The highest BCUT2D eigenvalue weighted by atomic mass is 16.5. The van der Waals surface area contributed by atoms with E-state index in [-0.39, 0.29) is 0 Å². The third-order valence-corrected chi connectivity index (χ3v) is 3.14. The number of piperazine rings is 1. The monoisotopic (exact) mass is 239 g/mol. The van der Waals surface area contributed by atoms with E-state index in [1.165, 1.54) is 0 Å². The van der Waals surface area contributed by atoms with Crippen molar-refractivity contribution in [1.29, 1.82) is 0 Å². The number of nitrogens with zero attached hydrogens (tertiary/aromatic N) is 3. The molecule has 0 amide bonds. The van der Waals surface area contributed by atoms with Crippen LogP contribution in [0.15, 0.2) is 10.6 Å². The van der Waals surface area contributed by atoms with Crippen molar-refractivity contribution in [2.75, 3.05) is 46.4 Å². The smallest absolute Gasteiger partial charge is 0.133 e. The van der Waals surface area contributed by atoms with E-state index < -0.39 is 0 Å². The Morgan fingerprint density at radius 1 is 1.29 bits per heavy atom. The average molecular weight is 239 g/mol. The minimum absolute atomic E-state index is 0.822. The summed E-state index contributed by atoms with van der Waals surface area (Å²) in [6.07, 6.45) is 0. The van der Waals surface area contributed by atoms with E-state index in [1.807, 2.05) is 13.0 Å². The van der Waals surface area contributed by atoms with Gasteiger partial charge in [0.1, 0.15) is 5.76 Å². The Morgan fingerprint density at radius 2 is 2.00 bits per heavy atom. The molecule has 1 aliphatic rings. The van der Waals surface area contributed by atoms with Gasteiger partial charge in [-0.3, -0.25) is 9.80 Å². The average Bonchev–Trinajstić information content (AvgIpc) is 2.74. The van der Waals surface area contributed by atoms with Crippen molar-refractivity contribution in [1.82, 2.24) is 15.0 Å². The van der Waals surface area contributed by atoms with Gasteiger partial charge in [-0.2, -0.15) is 0 Å². The van der Waals surface area contributed by atoms with E-state index in [9.17, 15) is 0 Å². The molecule has 17 heavy (non-hydrogen) atoms. The van der Waals surface area contributed by atoms with E-state index in [1.54, 1.807) is 7.11 Å². The molecule has 0 aromatic carbocycles. The summed E-state index contributed by atoms with van der Waals surface area (Å²) in [6.45, 7) is 9.09. The number of aromatic nitrogens is 1. The van der Waals surface area contributed by atoms with Crippen LogP contribution in [0.2, 0.25) is 0 Å². The molecule has 2 rings (SSSR count). The number of aryl methyl sites for hydroxylation is 1. The number of ether oxygens (including phenoxy) is 1. The van der Waals surface area contributed by atoms with Crippen molar-refractivity contribution in [2.45, 2.75) is 13.5 Å². The van der Waals surface area contributed by atoms with Gasteiger partial charge in [0.25, 0.3) is 0 Å². The molecule has 0 bridgehead atoms. The summed E-state index contributed by atoms with van der Waals surface area (Å²) in [7, 11) is 1.75. The number of hydrogen-bond donors (Lipinski definition) is 0. The summed E-state index contributed by atoms with van der Waals surface area (Å²) in [5.41, 5.74) is 1.04. The Morgan fingerprint density at radius 3 is 2.59 bits per heavy atom. The van der Waals surface area contributed by atoms with Crippen molar-refractivity contribution in [3.05, 3.63) is 17.5 Å². The van der Waals surface area contributed by atoms with Crippen molar-refractivity contribution in [3.63, 3.8) is 0 Å². The molecule has 1 saturated heterocycles. The SMILES string of the molecule is COCCN1CCN(Cc2cc(C)on2)CC1. The first kappa shape index (κ1) is 12.5. The van der Waals surface area contributed by atoms with E-state index in [0.717, 1.165) is 57.3 Å². The van der Waals surface area contributed by atoms with E-state index in [0.29, 0.717) is 0 Å². The highest BCUT2D eigenvalue weighted by Gasteiger charge is 2.17. The topological polar surface area (TPSA) is 41.7 Å². The fraction of sp³-hybridized carbons (Fsp3) is 0.750. The van der Waals surface area contributed by atoms with Gasteiger partial charge in [-0.1, -0.05) is 5.16 Å². The molecular weight excluding hydrogens is 218 g/mol. The lowest BCUT2D eigenvalue weighted by molar-refractivity contribution is 0.0927. The zero-order valence-electron chi connectivity index (χ0n) is 10.7. The van der Waals surface area contributed by atoms with Crippen molar-refractivity contribution >= 4 is 0 Å². The second-order valence-electron chi connectivity index (χ2n) is 4.54. The highest BCUT2D eigenvalue weighted by Crippen LogP contribution is 2.08. The Bertz CT molecular complexity index is 332. The van der Waals surface area contributed by atoms with Crippen molar-refractivity contribution in [2.24, 2.45) is 0 Å². The van der Waals surface area contributed by atoms with Crippen LogP contribution >= 0.6 is 0 Å². The zero-order valence-corrected chi connectivity index (χ0v) is 10.7. The van der Waals surface area contributed by atoms with Crippen LogP contribution in [-0.2, 0) is 11.3 Å². The lowest BCUT2D eigenvalue weighted by Crippen LogP contribution is -2.46. The fourth-order valence-corrected chi connectivity index (χ4v) is 2.11. The van der Waals surface area contributed by atoms with Gasteiger partial charge in [-0.25, -0.2) is 0 Å². The van der Waals surface area contributed by atoms with Crippen molar-refractivity contribution < 1.29 is 9.26 Å². The summed E-state index contributed by atoms with van der Waals surface area (Å²) in [4.78, 5) is 4.86. The van der Waals surface area contributed by atoms with Gasteiger partial charge in [-0.05, 0) is 6.92 Å². The number of methoxy groups -OCH3 is 1. The lowest BCUT2D eigenvalue weighted by atomic mass is 10.3. The number of hydrogen-bond acceptors (Lipinski definition) is 5. The Kier molecular flexibility index (Phi) is 4.53. The summed E-state index contributed by atoms with van der Waals surface area (Å²) in [5, 5.41) is 4.03. The van der Waals surface area contributed by atoms with Crippen LogP contribution in [0.1, 0.15) is 11.5 Å². The Labute approximate surface area is 102 Å². The second-order valence-corrected chi connectivity index (χ2v) is 4.54. The van der Waals surface area contributed by atoms with Crippen LogP contribution in [0.5, 0.6) is 0 Å². The predicted molar refractivity (Wildman–Crippen MR) is 64.8 cm³/mol. The maximum atomic E-state index is 5.09. The second kappa shape index (κ2) is 6.14. The molecule has 0 radical (unpaired) electrons. The third-order valence-electron chi connectivity index (χ3n) is 3.14. The van der Waals surface area contributed by atoms with Gasteiger partial charge in [-0.15, -0.1) is 0 Å². The van der Waals surface area contributed by atoms with Gasteiger partial charge in [0.2, 0.25) is 0 Å². The molecule has 1 aliphatic heterocycles. The van der Waals surface area contributed by atoms with E-state index in [4.69, 9.17) is 9.26 Å². The van der Waals surface area contributed by atoms with Gasteiger partial charge >= 0.3 is 0 Å². The Balaban J connectivity index is 1.72. The predicted octanol–water partition coefficient (Wildman–Crippen LogP) is 0.747. The third kappa shape index (κ3) is 3.80. The fourth-order valence-electron chi connectivity index (χ4n) is 2.11. The summed E-state index contributed by atoms with van der Waals surface area (Å²) in [5.74, 6) is 0.888. The van der Waals surface area contributed by atoms with Gasteiger partial charge in [0.05, 0.1) is 12.3 Å². The molecule has 5 heteroatoms. The molecule has 0 aliphatic carbocycles. The van der Waals surface area contributed by atoms with Crippen molar-refractivity contribution in [3.8, 4) is 0 Å². The molecule has 2 heterocycles. The molecule has 1 aromatic rings. The number of rotatable bonds is 5. The molecule has 96 valence electrons. The molecule has 1 aromatic heterocycles. The van der Waals surface area contributed by atoms with Gasteiger partial charge in [0, 0.05) is 52.4 Å². The molecular formula is C12H21N3O2. The first-order valence-corrected chi connectivity index (χ1v) is 6.14. The maximum Gasteiger partial charge on any atom is 0.133 e. The van der Waals surface area contributed by atoms with Crippen LogP contribution in [-0.4, -0.2) is 61.4 Å². The quantitative estimate of drug-likeness (QED) is 0.758. The zero-order chi connectivity index (χ0) is 12.1. The van der Waals surface area contributed by atoms with Gasteiger partial charge < -0.3 is 9.26 Å². The Hall–Kier alpha value is -0.910. The maximum absolute atomic E-state index is 5.09. The molecule has 0 N–H and O–H groups in total.